The Kier molecular flexibility index (Phi) is 5.40. The molecule has 0 aliphatic heterocycles. The number of aryl methyl sites for hydroxylation is 4. The molecule has 2 heteroatoms. The van der Waals surface area contributed by atoms with Gasteiger partial charge < -0.3 is 9.47 Å². The van der Waals surface area contributed by atoms with E-state index in [-0.39, 0.29) is 6.10 Å². The minimum atomic E-state index is 0.158. The summed E-state index contributed by atoms with van der Waals surface area (Å²) in [7, 11) is 1.83. The Morgan fingerprint density at radius 3 is 1.68 bits per heavy atom. The number of ether oxygens (including phenoxy) is 2. The fraction of sp³-hybridized carbons (Fsp3) is 0.538. The lowest BCUT2D eigenvalue weighted by molar-refractivity contribution is 0.241. The van der Waals surface area contributed by atoms with Crippen molar-refractivity contribution in [2.45, 2.75) is 85.2 Å². The Balaban J connectivity index is 2.09. The molecular formula is C26H34O2. The maximum atomic E-state index is 6.47. The molecule has 0 saturated heterocycles. The summed E-state index contributed by atoms with van der Waals surface area (Å²) in [5.41, 5.74) is 11.2. The number of rotatable bonds is 4. The standard InChI is InChI=1S/C26H34O2/c1-16(2)28-26-18(4)15-20-11-7-9-13-22(20)24(26)23-21-12-8-6-10-19(21)14-17(3)25(23)27-5/h14-16H,6-13H2,1-5H3. The van der Waals surface area contributed by atoms with E-state index in [4.69, 9.17) is 9.47 Å². The van der Waals surface area contributed by atoms with Gasteiger partial charge in [0.1, 0.15) is 11.5 Å². The molecule has 0 saturated carbocycles. The molecule has 150 valence electrons. The van der Waals surface area contributed by atoms with Gasteiger partial charge in [-0.05, 0) is 112 Å². The van der Waals surface area contributed by atoms with Gasteiger partial charge in [-0.2, -0.15) is 0 Å². The smallest absolute Gasteiger partial charge is 0.130 e. The van der Waals surface area contributed by atoms with Crippen molar-refractivity contribution in [3.8, 4) is 22.6 Å². The highest BCUT2D eigenvalue weighted by atomic mass is 16.5. The Hall–Kier alpha value is -1.96. The normalized spacial score (nSPS) is 15.9. The minimum Gasteiger partial charge on any atom is -0.496 e. The first-order chi connectivity index (χ1) is 13.5. The van der Waals surface area contributed by atoms with Crippen LogP contribution in [0, 0.1) is 13.8 Å². The maximum absolute atomic E-state index is 6.47. The molecule has 0 N–H and O–H groups in total. The summed E-state index contributed by atoms with van der Waals surface area (Å²) in [6.07, 6.45) is 9.92. The largest absolute Gasteiger partial charge is 0.496 e. The lowest BCUT2D eigenvalue weighted by Gasteiger charge is -2.30. The second kappa shape index (κ2) is 7.81. The summed E-state index contributed by atoms with van der Waals surface area (Å²) in [5.74, 6) is 2.12. The average Bonchev–Trinajstić information content (AvgIpc) is 2.67. The van der Waals surface area contributed by atoms with Crippen molar-refractivity contribution < 1.29 is 9.47 Å². The SMILES string of the molecule is COc1c(C)cc2c(c1-c1c3c(cc(C)c1OC(C)C)CCCC3)CCCC2. The zero-order valence-corrected chi connectivity index (χ0v) is 18.2. The van der Waals surface area contributed by atoms with E-state index in [1.54, 1.807) is 0 Å². The van der Waals surface area contributed by atoms with Gasteiger partial charge in [0.2, 0.25) is 0 Å². The summed E-state index contributed by atoms with van der Waals surface area (Å²) in [5, 5.41) is 0. The zero-order valence-electron chi connectivity index (χ0n) is 18.2. The first kappa shape index (κ1) is 19.4. The molecule has 0 aromatic heterocycles. The van der Waals surface area contributed by atoms with Gasteiger partial charge >= 0.3 is 0 Å². The molecule has 0 unspecified atom stereocenters. The van der Waals surface area contributed by atoms with Crippen molar-refractivity contribution in [2.24, 2.45) is 0 Å². The Morgan fingerprint density at radius 2 is 1.18 bits per heavy atom. The fourth-order valence-electron chi connectivity index (χ4n) is 5.25. The molecule has 2 nitrogen and oxygen atoms in total. The minimum absolute atomic E-state index is 0.158. The molecule has 0 bridgehead atoms. The van der Waals surface area contributed by atoms with Crippen molar-refractivity contribution >= 4 is 0 Å². The van der Waals surface area contributed by atoms with Gasteiger partial charge in [-0.25, -0.2) is 0 Å². The number of fused-ring (bicyclic) bond motifs is 2. The highest BCUT2D eigenvalue weighted by molar-refractivity contribution is 5.85. The van der Waals surface area contributed by atoms with Crippen molar-refractivity contribution in [1.29, 1.82) is 0 Å². The third-order valence-corrected chi connectivity index (χ3v) is 6.38. The molecule has 2 aliphatic carbocycles. The molecule has 2 aromatic carbocycles. The summed E-state index contributed by atoms with van der Waals surface area (Å²) in [4.78, 5) is 0. The molecule has 0 fully saturated rings. The van der Waals surface area contributed by atoms with Crippen LogP contribution in [0.4, 0.5) is 0 Å². The number of hydrogen-bond donors (Lipinski definition) is 0. The van der Waals surface area contributed by atoms with Crippen LogP contribution in [-0.4, -0.2) is 13.2 Å². The van der Waals surface area contributed by atoms with Crippen LogP contribution in [0.3, 0.4) is 0 Å². The molecule has 2 aromatic rings. The molecule has 2 aliphatic rings. The number of methoxy groups -OCH3 is 1. The van der Waals surface area contributed by atoms with Crippen LogP contribution in [0.5, 0.6) is 11.5 Å². The second-order valence-electron chi connectivity index (χ2n) is 8.86. The Labute approximate surface area is 170 Å². The molecule has 0 atom stereocenters. The number of benzene rings is 2. The van der Waals surface area contributed by atoms with Crippen LogP contribution in [0.2, 0.25) is 0 Å². The lowest BCUT2D eigenvalue weighted by Crippen LogP contribution is -2.15. The van der Waals surface area contributed by atoms with Crippen molar-refractivity contribution in [3.05, 3.63) is 45.5 Å². The van der Waals surface area contributed by atoms with Gasteiger partial charge in [-0.15, -0.1) is 0 Å². The quantitative estimate of drug-likeness (QED) is 0.602. The van der Waals surface area contributed by atoms with Crippen LogP contribution in [0.25, 0.3) is 11.1 Å². The third-order valence-electron chi connectivity index (χ3n) is 6.38. The van der Waals surface area contributed by atoms with Crippen LogP contribution < -0.4 is 9.47 Å². The van der Waals surface area contributed by atoms with Crippen LogP contribution in [0.1, 0.15) is 72.9 Å². The summed E-state index contributed by atoms with van der Waals surface area (Å²) < 4.78 is 12.5. The maximum Gasteiger partial charge on any atom is 0.130 e. The van der Waals surface area contributed by atoms with Gasteiger partial charge in [0.25, 0.3) is 0 Å². The van der Waals surface area contributed by atoms with E-state index in [0.29, 0.717) is 0 Å². The zero-order chi connectivity index (χ0) is 19.8. The van der Waals surface area contributed by atoms with E-state index >= 15 is 0 Å². The van der Waals surface area contributed by atoms with Crippen LogP contribution >= 0.6 is 0 Å². The topological polar surface area (TPSA) is 18.5 Å². The summed E-state index contributed by atoms with van der Waals surface area (Å²) in [6.45, 7) is 8.67. The molecular weight excluding hydrogens is 344 g/mol. The Bertz CT molecular complexity index is 892. The van der Waals surface area contributed by atoms with E-state index in [1.165, 1.54) is 83.0 Å². The molecule has 0 radical (unpaired) electrons. The first-order valence-electron chi connectivity index (χ1n) is 11.0. The molecule has 0 spiro atoms. The van der Waals surface area contributed by atoms with E-state index in [2.05, 4.69) is 39.8 Å². The monoisotopic (exact) mass is 378 g/mol. The van der Waals surface area contributed by atoms with Crippen molar-refractivity contribution in [2.75, 3.05) is 7.11 Å². The van der Waals surface area contributed by atoms with Gasteiger partial charge in [0, 0.05) is 11.1 Å². The average molecular weight is 379 g/mol. The highest BCUT2D eigenvalue weighted by Crippen LogP contribution is 2.49. The first-order valence-corrected chi connectivity index (χ1v) is 11.0. The molecule has 0 heterocycles. The van der Waals surface area contributed by atoms with E-state index < -0.39 is 0 Å². The van der Waals surface area contributed by atoms with Gasteiger partial charge in [-0.3, -0.25) is 0 Å². The Morgan fingerprint density at radius 1 is 0.714 bits per heavy atom. The van der Waals surface area contributed by atoms with Gasteiger partial charge in [0.05, 0.1) is 13.2 Å². The predicted molar refractivity (Wildman–Crippen MR) is 117 cm³/mol. The highest BCUT2D eigenvalue weighted by Gasteiger charge is 2.28. The fourth-order valence-corrected chi connectivity index (χ4v) is 5.25. The van der Waals surface area contributed by atoms with Crippen molar-refractivity contribution in [1.82, 2.24) is 0 Å². The molecule has 4 rings (SSSR count). The second-order valence-corrected chi connectivity index (χ2v) is 8.86. The van der Waals surface area contributed by atoms with E-state index in [9.17, 15) is 0 Å². The van der Waals surface area contributed by atoms with Gasteiger partial charge in [-0.1, -0.05) is 12.1 Å². The van der Waals surface area contributed by atoms with Crippen molar-refractivity contribution in [3.63, 3.8) is 0 Å². The van der Waals surface area contributed by atoms with E-state index in [1.807, 2.05) is 7.11 Å². The third kappa shape index (κ3) is 3.32. The summed E-state index contributed by atoms with van der Waals surface area (Å²) >= 11 is 0. The molecule has 28 heavy (non-hydrogen) atoms. The predicted octanol–water partition coefficient (Wildman–Crippen LogP) is 6.52. The number of hydrogen-bond acceptors (Lipinski definition) is 2. The van der Waals surface area contributed by atoms with Gasteiger partial charge in [0.15, 0.2) is 0 Å². The molecule has 0 amide bonds. The van der Waals surface area contributed by atoms with Crippen LogP contribution in [-0.2, 0) is 25.7 Å². The summed E-state index contributed by atoms with van der Waals surface area (Å²) in [6, 6.07) is 4.74. The van der Waals surface area contributed by atoms with E-state index in [0.717, 1.165) is 24.3 Å². The lowest BCUT2D eigenvalue weighted by atomic mass is 9.78. The van der Waals surface area contributed by atoms with Crippen LogP contribution in [0.15, 0.2) is 12.1 Å².